The minimum absolute atomic E-state index is 0.00146. The van der Waals surface area contributed by atoms with E-state index in [9.17, 15) is 9.59 Å². The van der Waals surface area contributed by atoms with Crippen molar-refractivity contribution < 1.29 is 14.3 Å². The summed E-state index contributed by atoms with van der Waals surface area (Å²) in [5.41, 5.74) is 1.13. The highest BCUT2D eigenvalue weighted by Gasteiger charge is 2.34. The van der Waals surface area contributed by atoms with E-state index in [1.807, 2.05) is 69.5 Å². The quantitative estimate of drug-likeness (QED) is 0.406. The van der Waals surface area contributed by atoms with Crippen LogP contribution in [-0.2, 0) is 20.9 Å². The molecule has 3 aromatic rings. The molecular weight excluding hydrogens is 438 g/mol. The summed E-state index contributed by atoms with van der Waals surface area (Å²) >= 11 is 1.47. The van der Waals surface area contributed by atoms with E-state index in [1.54, 1.807) is 9.58 Å². The summed E-state index contributed by atoms with van der Waals surface area (Å²) < 4.78 is 7.08. The number of fused-ring (bicyclic) bond motifs is 1. The monoisotopic (exact) mass is 471 g/mol. The molecule has 1 atom stereocenters. The molecular formula is C24H33N5O3S. The van der Waals surface area contributed by atoms with Crippen LogP contribution in [-0.4, -0.2) is 57.0 Å². The Morgan fingerprint density at radius 2 is 2.00 bits per heavy atom. The van der Waals surface area contributed by atoms with Gasteiger partial charge in [-0.05, 0) is 57.2 Å². The van der Waals surface area contributed by atoms with Crippen LogP contribution in [0.2, 0.25) is 0 Å². The van der Waals surface area contributed by atoms with Gasteiger partial charge in [-0.1, -0.05) is 30.3 Å². The fourth-order valence-corrected chi connectivity index (χ4v) is 4.33. The number of nitrogens with one attached hydrogen (secondary N) is 1. The first-order valence-corrected chi connectivity index (χ1v) is 12.2. The van der Waals surface area contributed by atoms with Crippen molar-refractivity contribution in [3.05, 3.63) is 46.7 Å². The lowest BCUT2D eigenvalue weighted by molar-refractivity contribution is -0.142. The number of amides is 2. The smallest absolute Gasteiger partial charge is 0.248 e. The molecule has 0 saturated heterocycles. The number of thiophene rings is 1. The van der Waals surface area contributed by atoms with Gasteiger partial charge < -0.3 is 15.0 Å². The molecule has 0 unspecified atom stereocenters. The van der Waals surface area contributed by atoms with Gasteiger partial charge in [-0.3, -0.25) is 9.59 Å². The number of aromatic nitrogens is 3. The molecule has 1 N–H and O–H groups in total. The molecule has 33 heavy (non-hydrogen) atoms. The third-order valence-corrected chi connectivity index (χ3v) is 6.56. The second-order valence-corrected chi connectivity index (χ2v) is 9.50. The lowest BCUT2D eigenvalue weighted by Gasteiger charge is -2.34. The molecule has 0 aliphatic rings. The fourth-order valence-electron chi connectivity index (χ4n) is 3.49. The third kappa shape index (κ3) is 6.39. The van der Waals surface area contributed by atoms with Crippen LogP contribution in [0.5, 0.6) is 0 Å². The van der Waals surface area contributed by atoms with Crippen molar-refractivity contribution in [3.8, 4) is 0 Å². The van der Waals surface area contributed by atoms with Crippen molar-refractivity contribution in [1.29, 1.82) is 0 Å². The SMILES string of the molecule is CCOCCCN(C(=O)Cn1nnc2ccccc21)[C@H](C(=O)NC(C)(C)CC)c1cccs1. The molecule has 0 aliphatic heterocycles. The van der Waals surface area contributed by atoms with Crippen molar-refractivity contribution in [1.82, 2.24) is 25.2 Å². The van der Waals surface area contributed by atoms with Crippen molar-refractivity contribution in [2.45, 2.75) is 58.7 Å². The molecule has 0 aliphatic carbocycles. The number of benzene rings is 1. The Morgan fingerprint density at radius 1 is 1.21 bits per heavy atom. The summed E-state index contributed by atoms with van der Waals surface area (Å²) in [6.07, 6.45) is 1.41. The molecule has 9 heteroatoms. The Labute approximate surface area is 198 Å². The van der Waals surface area contributed by atoms with Crippen LogP contribution in [0.3, 0.4) is 0 Å². The molecule has 0 spiro atoms. The van der Waals surface area contributed by atoms with Crippen molar-refractivity contribution in [2.75, 3.05) is 19.8 Å². The largest absolute Gasteiger partial charge is 0.382 e. The minimum atomic E-state index is -0.722. The number of carbonyl (C=O) groups excluding carboxylic acids is 2. The van der Waals surface area contributed by atoms with Crippen LogP contribution in [0.25, 0.3) is 11.0 Å². The van der Waals surface area contributed by atoms with E-state index in [1.165, 1.54) is 11.3 Å². The molecule has 1 aromatic carbocycles. The zero-order chi connectivity index (χ0) is 23.8. The number of carbonyl (C=O) groups is 2. The van der Waals surface area contributed by atoms with Gasteiger partial charge in [-0.25, -0.2) is 4.68 Å². The highest BCUT2D eigenvalue weighted by Crippen LogP contribution is 2.28. The Balaban J connectivity index is 1.91. The number of para-hydroxylation sites is 1. The van der Waals surface area contributed by atoms with Crippen LogP contribution in [0.4, 0.5) is 0 Å². The van der Waals surface area contributed by atoms with E-state index in [0.717, 1.165) is 22.3 Å². The van der Waals surface area contributed by atoms with E-state index < -0.39 is 6.04 Å². The van der Waals surface area contributed by atoms with E-state index in [-0.39, 0.29) is 23.9 Å². The van der Waals surface area contributed by atoms with Gasteiger partial charge in [-0.15, -0.1) is 16.4 Å². The molecule has 3 rings (SSSR count). The average molecular weight is 472 g/mol. The highest BCUT2D eigenvalue weighted by molar-refractivity contribution is 7.10. The first-order valence-electron chi connectivity index (χ1n) is 11.4. The molecule has 0 bridgehead atoms. The van der Waals surface area contributed by atoms with Crippen molar-refractivity contribution >= 4 is 34.2 Å². The lowest BCUT2D eigenvalue weighted by Crippen LogP contribution is -2.51. The van der Waals surface area contributed by atoms with Gasteiger partial charge in [-0.2, -0.15) is 0 Å². The molecule has 2 heterocycles. The van der Waals surface area contributed by atoms with Crippen LogP contribution in [0.1, 0.15) is 51.5 Å². The number of nitrogens with zero attached hydrogens (tertiary/aromatic N) is 4. The standard InChI is InChI=1S/C24H33N5O3S/c1-5-24(3,4)25-23(31)22(20-13-9-16-33-20)28(14-10-15-32-6-2)21(30)17-29-19-12-8-7-11-18(19)26-27-29/h7-9,11-13,16,22H,5-6,10,14-15,17H2,1-4H3,(H,25,31)/t22-/m0/s1. The van der Waals surface area contributed by atoms with Gasteiger partial charge in [0.15, 0.2) is 0 Å². The maximum atomic E-state index is 13.6. The van der Waals surface area contributed by atoms with Gasteiger partial charge in [0.1, 0.15) is 18.1 Å². The van der Waals surface area contributed by atoms with Crippen molar-refractivity contribution in [2.24, 2.45) is 0 Å². The molecule has 0 fully saturated rings. The van der Waals surface area contributed by atoms with Crippen LogP contribution < -0.4 is 5.32 Å². The van der Waals surface area contributed by atoms with Crippen LogP contribution in [0.15, 0.2) is 41.8 Å². The predicted octanol–water partition coefficient (Wildman–Crippen LogP) is 3.79. The summed E-state index contributed by atoms with van der Waals surface area (Å²) in [7, 11) is 0. The second-order valence-electron chi connectivity index (χ2n) is 8.52. The molecule has 0 saturated carbocycles. The van der Waals surface area contributed by atoms with E-state index in [0.29, 0.717) is 26.2 Å². The Morgan fingerprint density at radius 3 is 2.70 bits per heavy atom. The Kier molecular flexibility index (Phi) is 8.57. The zero-order valence-electron chi connectivity index (χ0n) is 19.8. The molecule has 2 amide bonds. The number of rotatable bonds is 12. The van der Waals surface area contributed by atoms with Gasteiger partial charge in [0.2, 0.25) is 11.8 Å². The Bertz CT molecular complexity index is 1050. The normalized spacial score (nSPS) is 12.6. The summed E-state index contributed by atoms with van der Waals surface area (Å²) in [5, 5.41) is 13.4. The Hall–Kier alpha value is -2.78. The van der Waals surface area contributed by atoms with Gasteiger partial charge >= 0.3 is 0 Å². The molecule has 2 aromatic heterocycles. The van der Waals surface area contributed by atoms with Gasteiger partial charge in [0, 0.05) is 30.2 Å². The highest BCUT2D eigenvalue weighted by atomic mass is 32.1. The van der Waals surface area contributed by atoms with Crippen LogP contribution >= 0.6 is 11.3 Å². The molecule has 8 nitrogen and oxygen atoms in total. The predicted molar refractivity (Wildman–Crippen MR) is 130 cm³/mol. The lowest BCUT2D eigenvalue weighted by atomic mass is 10.0. The topological polar surface area (TPSA) is 89.3 Å². The van der Waals surface area contributed by atoms with E-state index in [4.69, 9.17) is 4.74 Å². The van der Waals surface area contributed by atoms with Gasteiger partial charge in [0.25, 0.3) is 0 Å². The van der Waals surface area contributed by atoms with Gasteiger partial charge in [0.05, 0.1) is 5.52 Å². The summed E-state index contributed by atoms with van der Waals surface area (Å²) in [6, 6.07) is 10.6. The third-order valence-electron chi connectivity index (χ3n) is 5.64. The van der Waals surface area contributed by atoms with E-state index >= 15 is 0 Å². The number of ether oxygens (including phenoxy) is 1. The maximum Gasteiger partial charge on any atom is 0.248 e. The zero-order valence-corrected chi connectivity index (χ0v) is 20.6. The first kappa shape index (κ1) is 24.9. The minimum Gasteiger partial charge on any atom is -0.382 e. The maximum absolute atomic E-state index is 13.6. The average Bonchev–Trinajstić information content (AvgIpc) is 3.46. The number of hydrogen-bond acceptors (Lipinski definition) is 6. The summed E-state index contributed by atoms with van der Waals surface area (Å²) in [4.78, 5) is 29.6. The van der Waals surface area contributed by atoms with Crippen molar-refractivity contribution in [3.63, 3.8) is 0 Å². The number of hydrogen-bond donors (Lipinski definition) is 1. The summed E-state index contributed by atoms with van der Waals surface area (Å²) in [6.45, 7) is 9.47. The fraction of sp³-hybridized carbons (Fsp3) is 0.500. The summed E-state index contributed by atoms with van der Waals surface area (Å²) in [5.74, 6) is -0.373. The molecule has 0 radical (unpaired) electrons. The molecule has 178 valence electrons. The second kappa shape index (κ2) is 11.4. The van der Waals surface area contributed by atoms with Crippen LogP contribution in [0, 0.1) is 0 Å². The van der Waals surface area contributed by atoms with E-state index in [2.05, 4.69) is 15.6 Å². The first-order chi connectivity index (χ1) is 15.9.